The molecule has 2 aromatic carbocycles. The van der Waals surface area contributed by atoms with E-state index in [-0.39, 0.29) is 6.04 Å². The lowest BCUT2D eigenvalue weighted by Gasteiger charge is -2.17. The minimum absolute atomic E-state index is 0.0332. The standard InChI is InChI=1S/C17H17N3/c1-2-18-16(17-19-10-5-11-20-17)15-9-8-13-6-3-4-7-14(13)12-15/h3-12,16,18H,2H2,1H3. The highest BCUT2D eigenvalue weighted by Gasteiger charge is 2.15. The normalized spacial score (nSPS) is 12.4. The molecular weight excluding hydrogens is 246 g/mol. The summed E-state index contributed by atoms with van der Waals surface area (Å²) in [6, 6.07) is 16.8. The van der Waals surface area contributed by atoms with Gasteiger partial charge in [0, 0.05) is 12.4 Å². The molecule has 0 fully saturated rings. The van der Waals surface area contributed by atoms with Crippen LogP contribution in [0.2, 0.25) is 0 Å². The Balaban J connectivity index is 2.05. The lowest BCUT2D eigenvalue weighted by Crippen LogP contribution is -2.23. The van der Waals surface area contributed by atoms with E-state index >= 15 is 0 Å². The fraction of sp³-hybridized carbons (Fsp3) is 0.176. The molecule has 0 spiro atoms. The average Bonchev–Trinajstić information content (AvgIpc) is 2.53. The fourth-order valence-corrected chi connectivity index (χ4v) is 2.41. The number of hydrogen-bond acceptors (Lipinski definition) is 3. The molecule has 1 heterocycles. The number of benzene rings is 2. The molecule has 0 aliphatic rings. The van der Waals surface area contributed by atoms with Crippen LogP contribution in [0.5, 0.6) is 0 Å². The second-order valence-electron chi connectivity index (χ2n) is 4.70. The third kappa shape index (κ3) is 2.53. The number of nitrogens with one attached hydrogen (secondary N) is 1. The van der Waals surface area contributed by atoms with Gasteiger partial charge in [-0.1, -0.05) is 43.3 Å². The topological polar surface area (TPSA) is 37.8 Å². The van der Waals surface area contributed by atoms with Crippen LogP contribution < -0.4 is 5.32 Å². The summed E-state index contributed by atoms with van der Waals surface area (Å²) in [6.45, 7) is 2.97. The maximum Gasteiger partial charge on any atom is 0.149 e. The number of hydrogen-bond donors (Lipinski definition) is 1. The smallest absolute Gasteiger partial charge is 0.149 e. The van der Waals surface area contributed by atoms with Crippen LogP contribution in [-0.4, -0.2) is 16.5 Å². The maximum atomic E-state index is 4.38. The molecule has 100 valence electrons. The molecule has 0 bridgehead atoms. The van der Waals surface area contributed by atoms with E-state index in [1.54, 1.807) is 12.4 Å². The quantitative estimate of drug-likeness (QED) is 0.784. The number of fused-ring (bicyclic) bond motifs is 1. The van der Waals surface area contributed by atoms with Gasteiger partial charge in [0.2, 0.25) is 0 Å². The molecular formula is C17H17N3. The van der Waals surface area contributed by atoms with E-state index in [0.717, 1.165) is 12.4 Å². The van der Waals surface area contributed by atoms with Gasteiger partial charge in [0.05, 0.1) is 6.04 Å². The van der Waals surface area contributed by atoms with Crippen molar-refractivity contribution in [3.8, 4) is 0 Å². The average molecular weight is 263 g/mol. The molecule has 3 heteroatoms. The first kappa shape index (κ1) is 12.8. The van der Waals surface area contributed by atoms with Crippen molar-refractivity contribution in [3.05, 3.63) is 72.3 Å². The molecule has 20 heavy (non-hydrogen) atoms. The summed E-state index contributed by atoms with van der Waals surface area (Å²) in [7, 11) is 0. The zero-order valence-electron chi connectivity index (χ0n) is 11.5. The molecule has 0 aliphatic heterocycles. The van der Waals surface area contributed by atoms with Crippen molar-refractivity contribution in [2.75, 3.05) is 6.54 Å². The summed E-state index contributed by atoms with van der Waals surface area (Å²) in [6.07, 6.45) is 3.57. The van der Waals surface area contributed by atoms with Gasteiger partial charge in [0.15, 0.2) is 0 Å². The van der Waals surface area contributed by atoms with Crippen molar-refractivity contribution < 1.29 is 0 Å². The van der Waals surface area contributed by atoms with E-state index in [2.05, 4.69) is 64.7 Å². The second kappa shape index (κ2) is 5.80. The van der Waals surface area contributed by atoms with E-state index in [1.807, 2.05) is 6.07 Å². The van der Waals surface area contributed by atoms with E-state index in [9.17, 15) is 0 Å². The Morgan fingerprint density at radius 1 is 0.950 bits per heavy atom. The van der Waals surface area contributed by atoms with Crippen molar-refractivity contribution in [1.82, 2.24) is 15.3 Å². The van der Waals surface area contributed by atoms with Crippen LogP contribution >= 0.6 is 0 Å². The van der Waals surface area contributed by atoms with Crippen LogP contribution in [0.1, 0.15) is 24.4 Å². The molecule has 0 amide bonds. The highest BCUT2D eigenvalue weighted by molar-refractivity contribution is 5.83. The Morgan fingerprint density at radius 3 is 2.45 bits per heavy atom. The Bertz CT molecular complexity index is 695. The van der Waals surface area contributed by atoms with Gasteiger partial charge in [-0.15, -0.1) is 0 Å². The molecule has 0 saturated carbocycles. The third-order valence-electron chi connectivity index (χ3n) is 3.36. The molecule has 1 N–H and O–H groups in total. The SMILES string of the molecule is CCNC(c1ccc2ccccc2c1)c1ncccn1. The Kier molecular flexibility index (Phi) is 3.70. The van der Waals surface area contributed by atoms with Crippen molar-refractivity contribution >= 4 is 10.8 Å². The lowest BCUT2D eigenvalue weighted by molar-refractivity contribution is 0.598. The maximum absolute atomic E-state index is 4.38. The van der Waals surface area contributed by atoms with Crippen LogP contribution in [0.25, 0.3) is 10.8 Å². The van der Waals surface area contributed by atoms with E-state index in [4.69, 9.17) is 0 Å². The number of nitrogens with zero attached hydrogens (tertiary/aromatic N) is 2. The Hall–Kier alpha value is -2.26. The molecule has 3 rings (SSSR count). The Morgan fingerprint density at radius 2 is 1.70 bits per heavy atom. The Labute approximate surface area is 118 Å². The van der Waals surface area contributed by atoms with Crippen LogP contribution in [0.4, 0.5) is 0 Å². The first-order chi connectivity index (χ1) is 9.88. The summed E-state index contributed by atoms with van der Waals surface area (Å²) in [5.41, 5.74) is 1.19. The van der Waals surface area contributed by atoms with Crippen LogP contribution in [0.3, 0.4) is 0 Å². The summed E-state index contributed by atoms with van der Waals surface area (Å²) in [5, 5.41) is 5.94. The zero-order valence-corrected chi connectivity index (χ0v) is 11.5. The van der Waals surface area contributed by atoms with Crippen molar-refractivity contribution in [2.45, 2.75) is 13.0 Å². The van der Waals surface area contributed by atoms with Gasteiger partial charge in [-0.25, -0.2) is 9.97 Å². The molecule has 1 atom stereocenters. The van der Waals surface area contributed by atoms with Gasteiger partial charge < -0.3 is 5.32 Å². The molecule has 0 radical (unpaired) electrons. The largest absolute Gasteiger partial charge is 0.304 e. The van der Waals surface area contributed by atoms with E-state index in [1.165, 1.54) is 16.3 Å². The third-order valence-corrected chi connectivity index (χ3v) is 3.36. The summed E-state index contributed by atoms with van der Waals surface area (Å²) in [4.78, 5) is 8.76. The highest BCUT2D eigenvalue weighted by atomic mass is 15.0. The van der Waals surface area contributed by atoms with Crippen molar-refractivity contribution in [2.24, 2.45) is 0 Å². The first-order valence-electron chi connectivity index (χ1n) is 6.87. The van der Waals surface area contributed by atoms with Gasteiger partial charge in [-0.3, -0.25) is 0 Å². The second-order valence-corrected chi connectivity index (χ2v) is 4.70. The molecule has 3 nitrogen and oxygen atoms in total. The summed E-state index contributed by atoms with van der Waals surface area (Å²) in [5.74, 6) is 0.810. The monoisotopic (exact) mass is 263 g/mol. The summed E-state index contributed by atoms with van der Waals surface area (Å²) < 4.78 is 0. The van der Waals surface area contributed by atoms with Gasteiger partial charge in [-0.2, -0.15) is 0 Å². The van der Waals surface area contributed by atoms with Crippen molar-refractivity contribution in [3.63, 3.8) is 0 Å². The first-order valence-corrected chi connectivity index (χ1v) is 6.87. The van der Waals surface area contributed by atoms with Gasteiger partial charge in [0.1, 0.15) is 5.82 Å². The molecule has 0 aliphatic carbocycles. The zero-order chi connectivity index (χ0) is 13.8. The fourth-order valence-electron chi connectivity index (χ4n) is 2.41. The van der Waals surface area contributed by atoms with E-state index in [0.29, 0.717) is 0 Å². The molecule has 0 saturated heterocycles. The predicted molar refractivity (Wildman–Crippen MR) is 81.5 cm³/mol. The highest BCUT2D eigenvalue weighted by Crippen LogP contribution is 2.23. The minimum Gasteiger partial charge on any atom is -0.304 e. The van der Waals surface area contributed by atoms with Gasteiger partial charge in [-0.05, 0) is 35.0 Å². The lowest BCUT2D eigenvalue weighted by atomic mass is 10.0. The van der Waals surface area contributed by atoms with E-state index < -0.39 is 0 Å². The van der Waals surface area contributed by atoms with Crippen LogP contribution in [0.15, 0.2) is 60.9 Å². The summed E-state index contributed by atoms with van der Waals surface area (Å²) >= 11 is 0. The van der Waals surface area contributed by atoms with Gasteiger partial charge in [0.25, 0.3) is 0 Å². The van der Waals surface area contributed by atoms with Gasteiger partial charge >= 0.3 is 0 Å². The van der Waals surface area contributed by atoms with Crippen molar-refractivity contribution in [1.29, 1.82) is 0 Å². The number of rotatable bonds is 4. The van der Waals surface area contributed by atoms with Crippen LogP contribution in [-0.2, 0) is 0 Å². The molecule has 3 aromatic rings. The molecule has 1 aromatic heterocycles. The minimum atomic E-state index is 0.0332. The van der Waals surface area contributed by atoms with Crippen LogP contribution in [0, 0.1) is 0 Å². The predicted octanol–water partition coefficient (Wildman–Crippen LogP) is 3.33. The molecule has 1 unspecified atom stereocenters. The number of aromatic nitrogens is 2.